The van der Waals surface area contributed by atoms with Crippen molar-refractivity contribution < 1.29 is 4.79 Å². The average molecular weight is 252 g/mol. The molecule has 1 rings (SSSR count). The third-order valence-corrected chi connectivity index (χ3v) is 3.42. The van der Waals surface area contributed by atoms with E-state index >= 15 is 0 Å². The number of hydrogen-bond acceptors (Lipinski definition) is 3. The first-order chi connectivity index (χ1) is 8.47. The monoisotopic (exact) mass is 252 g/mol. The SMILES string of the molecule is CCc1nn(C)c(C(=O)N(CC)C(C)CC)c1N. The Morgan fingerprint density at radius 2 is 2.06 bits per heavy atom. The van der Waals surface area contributed by atoms with Gasteiger partial charge in [0.2, 0.25) is 0 Å². The lowest BCUT2D eigenvalue weighted by atomic mass is 10.1. The zero-order chi connectivity index (χ0) is 13.9. The highest BCUT2D eigenvalue weighted by Gasteiger charge is 2.25. The Bertz CT molecular complexity index is 425. The molecule has 1 heterocycles. The highest BCUT2D eigenvalue weighted by Crippen LogP contribution is 2.20. The maximum atomic E-state index is 12.5. The third-order valence-electron chi connectivity index (χ3n) is 3.42. The number of carbonyl (C=O) groups is 1. The summed E-state index contributed by atoms with van der Waals surface area (Å²) in [7, 11) is 1.77. The van der Waals surface area contributed by atoms with Crippen molar-refractivity contribution >= 4 is 11.6 Å². The van der Waals surface area contributed by atoms with Gasteiger partial charge in [0.05, 0.1) is 11.4 Å². The van der Waals surface area contributed by atoms with Gasteiger partial charge in [-0.25, -0.2) is 0 Å². The van der Waals surface area contributed by atoms with Crippen LogP contribution in [0.1, 0.15) is 50.3 Å². The number of amides is 1. The molecule has 5 heteroatoms. The maximum Gasteiger partial charge on any atom is 0.274 e. The van der Waals surface area contributed by atoms with Crippen LogP contribution in [0.4, 0.5) is 5.69 Å². The van der Waals surface area contributed by atoms with Gasteiger partial charge in [0.15, 0.2) is 0 Å². The number of aromatic nitrogens is 2. The summed E-state index contributed by atoms with van der Waals surface area (Å²) in [4.78, 5) is 14.4. The lowest BCUT2D eigenvalue weighted by molar-refractivity contribution is 0.0690. The molecule has 0 radical (unpaired) electrons. The Morgan fingerprint density at radius 3 is 2.44 bits per heavy atom. The fourth-order valence-electron chi connectivity index (χ4n) is 2.12. The smallest absolute Gasteiger partial charge is 0.274 e. The van der Waals surface area contributed by atoms with Gasteiger partial charge in [-0.3, -0.25) is 9.48 Å². The molecule has 2 N–H and O–H groups in total. The number of hydrogen-bond donors (Lipinski definition) is 1. The van der Waals surface area contributed by atoms with Crippen LogP contribution in [0.25, 0.3) is 0 Å². The van der Waals surface area contributed by atoms with E-state index in [1.54, 1.807) is 11.7 Å². The molecule has 1 unspecified atom stereocenters. The van der Waals surface area contributed by atoms with E-state index < -0.39 is 0 Å². The van der Waals surface area contributed by atoms with Gasteiger partial charge >= 0.3 is 0 Å². The van der Waals surface area contributed by atoms with Gasteiger partial charge < -0.3 is 10.6 Å². The third kappa shape index (κ3) is 2.49. The predicted octanol–water partition coefficient (Wildman–Crippen LogP) is 1.83. The number of nitrogens with two attached hydrogens (primary N) is 1. The van der Waals surface area contributed by atoms with Crippen molar-refractivity contribution in [3.05, 3.63) is 11.4 Å². The summed E-state index contributed by atoms with van der Waals surface area (Å²) in [6.07, 6.45) is 1.67. The largest absolute Gasteiger partial charge is 0.395 e. The van der Waals surface area contributed by atoms with Crippen molar-refractivity contribution in [2.45, 2.75) is 46.6 Å². The summed E-state index contributed by atoms with van der Waals surface area (Å²) in [6, 6.07) is 0.210. The second-order valence-electron chi connectivity index (χ2n) is 4.53. The molecular formula is C13H24N4O. The molecular weight excluding hydrogens is 228 g/mol. The highest BCUT2D eigenvalue weighted by atomic mass is 16.2. The zero-order valence-corrected chi connectivity index (χ0v) is 12.0. The Labute approximate surface area is 109 Å². The molecule has 1 aromatic rings. The first-order valence-electron chi connectivity index (χ1n) is 6.60. The summed E-state index contributed by atoms with van der Waals surface area (Å²) in [6.45, 7) is 8.77. The summed E-state index contributed by atoms with van der Waals surface area (Å²) in [5.74, 6) is -0.0287. The fraction of sp³-hybridized carbons (Fsp3) is 0.692. The van der Waals surface area contributed by atoms with Gasteiger partial charge in [0.1, 0.15) is 5.69 Å². The van der Waals surface area contributed by atoms with Crippen molar-refractivity contribution in [1.82, 2.24) is 14.7 Å². The molecule has 0 fully saturated rings. The van der Waals surface area contributed by atoms with Crippen LogP contribution in [0.2, 0.25) is 0 Å². The van der Waals surface area contributed by atoms with Crippen LogP contribution in [0.5, 0.6) is 0 Å². The average Bonchev–Trinajstić information content (AvgIpc) is 2.64. The molecule has 0 aliphatic rings. The van der Waals surface area contributed by atoms with Gasteiger partial charge in [-0.1, -0.05) is 13.8 Å². The molecule has 0 spiro atoms. The van der Waals surface area contributed by atoms with Crippen LogP contribution >= 0.6 is 0 Å². The molecule has 0 saturated carbocycles. The van der Waals surface area contributed by atoms with Gasteiger partial charge in [-0.2, -0.15) is 5.10 Å². The van der Waals surface area contributed by atoms with Crippen molar-refractivity contribution in [2.24, 2.45) is 7.05 Å². The van der Waals surface area contributed by atoms with E-state index in [1.165, 1.54) is 0 Å². The minimum Gasteiger partial charge on any atom is -0.395 e. The Balaban J connectivity index is 3.13. The maximum absolute atomic E-state index is 12.5. The quantitative estimate of drug-likeness (QED) is 0.869. The van der Waals surface area contributed by atoms with E-state index in [0.29, 0.717) is 17.9 Å². The number of nitrogens with zero attached hydrogens (tertiary/aromatic N) is 3. The molecule has 1 amide bonds. The van der Waals surface area contributed by atoms with Crippen LogP contribution in [0.3, 0.4) is 0 Å². The first kappa shape index (κ1) is 14.5. The van der Waals surface area contributed by atoms with Crippen molar-refractivity contribution in [3.63, 3.8) is 0 Å². The standard InChI is InChI=1S/C13H24N4O/c1-6-9(4)17(8-3)13(18)12-11(14)10(7-2)15-16(12)5/h9H,6-8,14H2,1-5H3. The number of rotatable bonds is 5. The van der Waals surface area contributed by atoms with Crippen LogP contribution in [-0.2, 0) is 13.5 Å². The molecule has 0 aliphatic carbocycles. The van der Waals surface area contributed by atoms with E-state index in [2.05, 4.69) is 18.9 Å². The zero-order valence-electron chi connectivity index (χ0n) is 12.0. The number of anilines is 1. The van der Waals surface area contributed by atoms with E-state index in [4.69, 9.17) is 5.73 Å². The summed E-state index contributed by atoms with van der Waals surface area (Å²) in [5, 5.41) is 4.30. The second-order valence-corrected chi connectivity index (χ2v) is 4.53. The fourth-order valence-corrected chi connectivity index (χ4v) is 2.12. The highest BCUT2D eigenvalue weighted by molar-refractivity contribution is 5.98. The number of nitrogen functional groups attached to an aromatic ring is 1. The summed E-state index contributed by atoms with van der Waals surface area (Å²) < 4.78 is 1.60. The predicted molar refractivity (Wildman–Crippen MR) is 73.5 cm³/mol. The molecule has 0 aliphatic heterocycles. The molecule has 1 aromatic heterocycles. The van der Waals surface area contributed by atoms with Crippen molar-refractivity contribution in [3.8, 4) is 0 Å². The normalized spacial score (nSPS) is 12.5. The van der Waals surface area contributed by atoms with E-state index in [1.807, 2.05) is 18.7 Å². The lowest BCUT2D eigenvalue weighted by Crippen LogP contribution is -2.39. The van der Waals surface area contributed by atoms with Crippen molar-refractivity contribution in [2.75, 3.05) is 12.3 Å². The molecule has 0 bridgehead atoms. The molecule has 0 saturated heterocycles. The van der Waals surface area contributed by atoms with Crippen LogP contribution in [0.15, 0.2) is 0 Å². The van der Waals surface area contributed by atoms with E-state index in [0.717, 1.165) is 18.5 Å². The van der Waals surface area contributed by atoms with E-state index in [9.17, 15) is 4.79 Å². The summed E-state index contributed by atoms with van der Waals surface area (Å²) in [5.41, 5.74) is 7.84. The van der Waals surface area contributed by atoms with E-state index in [-0.39, 0.29) is 11.9 Å². The number of carbonyl (C=O) groups excluding carboxylic acids is 1. The first-order valence-corrected chi connectivity index (χ1v) is 6.60. The van der Waals surface area contributed by atoms with Crippen LogP contribution < -0.4 is 5.73 Å². The van der Waals surface area contributed by atoms with Crippen LogP contribution in [0, 0.1) is 0 Å². The van der Waals surface area contributed by atoms with Crippen LogP contribution in [-0.4, -0.2) is 33.2 Å². The second kappa shape index (κ2) is 5.89. The Morgan fingerprint density at radius 1 is 1.44 bits per heavy atom. The molecule has 0 aromatic carbocycles. The minimum absolute atomic E-state index is 0.0287. The van der Waals surface area contributed by atoms with Gasteiger partial charge in [0, 0.05) is 19.6 Å². The minimum atomic E-state index is -0.0287. The van der Waals surface area contributed by atoms with Crippen molar-refractivity contribution in [1.29, 1.82) is 0 Å². The topological polar surface area (TPSA) is 64.2 Å². The van der Waals surface area contributed by atoms with Gasteiger partial charge in [-0.15, -0.1) is 0 Å². The molecule has 5 nitrogen and oxygen atoms in total. The molecule has 1 atom stereocenters. The Kier molecular flexibility index (Phi) is 4.76. The van der Waals surface area contributed by atoms with Gasteiger partial charge in [0.25, 0.3) is 5.91 Å². The molecule has 18 heavy (non-hydrogen) atoms. The van der Waals surface area contributed by atoms with Gasteiger partial charge in [-0.05, 0) is 26.7 Å². The number of aryl methyl sites for hydroxylation is 2. The summed E-state index contributed by atoms with van der Waals surface area (Å²) >= 11 is 0. The Hall–Kier alpha value is -1.52. The lowest BCUT2D eigenvalue weighted by Gasteiger charge is -2.27. The molecule has 102 valence electrons.